The van der Waals surface area contributed by atoms with Crippen molar-refractivity contribution < 1.29 is 0 Å². The highest BCUT2D eigenvalue weighted by atomic mass is 79.9. The van der Waals surface area contributed by atoms with Crippen LogP contribution in [0, 0.1) is 0 Å². The van der Waals surface area contributed by atoms with Crippen LogP contribution in [-0.2, 0) is 12.4 Å². The number of likely N-dealkylation sites (N-methyl/N-ethyl adjacent to an activating group) is 1. The van der Waals surface area contributed by atoms with E-state index in [2.05, 4.69) is 57.5 Å². The third-order valence-corrected chi connectivity index (χ3v) is 3.97. The van der Waals surface area contributed by atoms with Gasteiger partial charge in [0.1, 0.15) is 5.82 Å². The second kappa shape index (κ2) is 5.59. The van der Waals surface area contributed by atoms with E-state index in [1.165, 1.54) is 0 Å². The number of aromatic nitrogens is 2. The molecule has 0 aliphatic rings. The Labute approximate surface area is 121 Å². The molecule has 2 rings (SSSR count). The van der Waals surface area contributed by atoms with Gasteiger partial charge in [-0.1, -0.05) is 15.9 Å². The first-order valence-electron chi connectivity index (χ1n) is 5.90. The van der Waals surface area contributed by atoms with Crippen molar-refractivity contribution in [1.29, 1.82) is 0 Å². The molecule has 2 aromatic rings. The summed E-state index contributed by atoms with van der Waals surface area (Å²) in [5.41, 5.74) is 2.13. The van der Waals surface area contributed by atoms with Gasteiger partial charge in [0.15, 0.2) is 0 Å². The molecule has 0 saturated carbocycles. The lowest BCUT2D eigenvalue weighted by Crippen LogP contribution is -2.29. The molecule has 0 amide bonds. The van der Waals surface area contributed by atoms with Gasteiger partial charge < -0.3 is 9.47 Å². The minimum Gasteiger partial charge on any atom is -0.325 e. The zero-order valence-corrected chi connectivity index (χ0v) is 13.2. The Morgan fingerprint density at radius 1 is 1.44 bits per heavy atom. The Morgan fingerprint density at radius 2 is 2.17 bits per heavy atom. The van der Waals surface area contributed by atoms with Gasteiger partial charge in [-0.15, -0.1) is 11.6 Å². The quantitative estimate of drug-likeness (QED) is 0.800. The second-order valence-corrected chi connectivity index (χ2v) is 5.90. The molecule has 1 aromatic carbocycles. The molecule has 0 aliphatic carbocycles. The molecule has 0 fully saturated rings. The number of rotatable bonds is 4. The molecule has 98 valence electrons. The van der Waals surface area contributed by atoms with E-state index in [1.54, 1.807) is 0 Å². The smallest absolute Gasteiger partial charge is 0.124 e. The molecular weight excluding hydrogens is 314 g/mol. The number of fused-ring (bicyclic) bond motifs is 1. The molecule has 1 aromatic heterocycles. The van der Waals surface area contributed by atoms with E-state index >= 15 is 0 Å². The van der Waals surface area contributed by atoms with E-state index in [0.717, 1.165) is 27.9 Å². The zero-order chi connectivity index (χ0) is 13.3. The van der Waals surface area contributed by atoms with Crippen molar-refractivity contribution in [1.82, 2.24) is 14.5 Å². The topological polar surface area (TPSA) is 21.1 Å². The van der Waals surface area contributed by atoms with Crippen LogP contribution >= 0.6 is 27.5 Å². The fourth-order valence-electron chi connectivity index (χ4n) is 1.89. The first-order chi connectivity index (χ1) is 8.52. The van der Waals surface area contributed by atoms with Crippen LogP contribution in [0.5, 0.6) is 0 Å². The van der Waals surface area contributed by atoms with E-state index in [-0.39, 0.29) is 0 Å². The summed E-state index contributed by atoms with van der Waals surface area (Å²) in [4.78, 5) is 6.78. The molecule has 0 saturated heterocycles. The Morgan fingerprint density at radius 3 is 2.78 bits per heavy atom. The SMILES string of the molecule is CC(Cn1c(CCl)nc2cc(Br)ccc21)N(C)C. The minimum atomic E-state index is 0.437. The Kier molecular flexibility index (Phi) is 4.30. The van der Waals surface area contributed by atoms with Crippen molar-refractivity contribution in [3.8, 4) is 0 Å². The van der Waals surface area contributed by atoms with Crippen LogP contribution in [0.4, 0.5) is 0 Å². The normalized spacial score (nSPS) is 13.4. The van der Waals surface area contributed by atoms with Crippen molar-refractivity contribution >= 4 is 38.6 Å². The van der Waals surface area contributed by atoms with E-state index < -0.39 is 0 Å². The van der Waals surface area contributed by atoms with E-state index in [1.807, 2.05) is 12.1 Å². The lowest BCUT2D eigenvalue weighted by atomic mass is 10.3. The van der Waals surface area contributed by atoms with Crippen LogP contribution in [0.2, 0.25) is 0 Å². The number of alkyl halides is 1. The summed E-state index contributed by atoms with van der Waals surface area (Å²) >= 11 is 9.47. The molecule has 18 heavy (non-hydrogen) atoms. The Bertz CT molecular complexity index is 550. The molecule has 1 unspecified atom stereocenters. The highest BCUT2D eigenvalue weighted by molar-refractivity contribution is 9.10. The van der Waals surface area contributed by atoms with Crippen LogP contribution in [0.3, 0.4) is 0 Å². The number of benzene rings is 1. The van der Waals surface area contributed by atoms with Crippen molar-refractivity contribution in [2.45, 2.75) is 25.4 Å². The maximum absolute atomic E-state index is 6.00. The van der Waals surface area contributed by atoms with Gasteiger partial charge >= 0.3 is 0 Å². The van der Waals surface area contributed by atoms with Crippen LogP contribution < -0.4 is 0 Å². The predicted molar refractivity (Wildman–Crippen MR) is 80.1 cm³/mol. The zero-order valence-electron chi connectivity index (χ0n) is 10.8. The van der Waals surface area contributed by atoms with Crippen LogP contribution in [0.25, 0.3) is 11.0 Å². The maximum Gasteiger partial charge on any atom is 0.124 e. The highest BCUT2D eigenvalue weighted by Gasteiger charge is 2.13. The van der Waals surface area contributed by atoms with Crippen LogP contribution in [0.1, 0.15) is 12.7 Å². The summed E-state index contributed by atoms with van der Waals surface area (Å²) in [6, 6.07) is 6.60. The molecule has 0 radical (unpaired) electrons. The van der Waals surface area contributed by atoms with Gasteiger partial charge in [0.05, 0.1) is 16.9 Å². The van der Waals surface area contributed by atoms with Crippen molar-refractivity contribution in [3.05, 3.63) is 28.5 Å². The van der Waals surface area contributed by atoms with E-state index in [4.69, 9.17) is 11.6 Å². The van der Waals surface area contributed by atoms with Crippen molar-refractivity contribution in [3.63, 3.8) is 0 Å². The summed E-state index contributed by atoms with van der Waals surface area (Å²) in [5, 5.41) is 0. The average molecular weight is 331 g/mol. The first-order valence-corrected chi connectivity index (χ1v) is 7.22. The number of imidazole rings is 1. The number of hydrogen-bond acceptors (Lipinski definition) is 2. The summed E-state index contributed by atoms with van der Waals surface area (Å²) in [6.45, 7) is 3.09. The predicted octanol–water partition coefficient (Wildman–Crippen LogP) is 3.49. The lowest BCUT2D eigenvalue weighted by Gasteiger charge is -2.21. The van der Waals surface area contributed by atoms with E-state index in [0.29, 0.717) is 11.9 Å². The van der Waals surface area contributed by atoms with Crippen LogP contribution in [0.15, 0.2) is 22.7 Å². The third-order valence-electron chi connectivity index (χ3n) is 3.24. The fourth-order valence-corrected chi connectivity index (χ4v) is 2.44. The molecule has 0 aliphatic heterocycles. The minimum absolute atomic E-state index is 0.437. The standard InChI is InChI=1S/C13H17BrClN3/c1-9(17(2)3)8-18-12-5-4-10(14)6-11(12)16-13(18)7-15/h4-6,9H,7-8H2,1-3H3. The lowest BCUT2D eigenvalue weighted by molar-refractivity contribution is 0.284. The van der Waals surface area contributed by atoms with Crippen molar-refractivity contribution in [2.24, 2.45) is 0 Å². The van der Waals surface area contributed by atoms with Gasteiger partial charge in [-0.25, -0.2) is 4.98 Å². The second-order valence-electron chi connectivity index (χ2n) is 4.72. The van der Waals surface area contributed by atoms with E-state index in [9.17, 15) is 0 Å². The van der Waals surface area contributed by atoms with Crippen molar-refractivity contribution in [2.75, 3.05) is 14.1 Å². The van der Waals surface area contributed by atoms with Gasteiger partial charge in [0, 0.05) is 17.1 Å². The van der Waals surface area contributed by atoms with Crippen LogP contribution in [-0.4, -0.2) is 34.6 Å². The summed E-state index contributed by atoms with van der Waals surface area (Å²) in [7, 11) is 4.17. The fraction of sp³-hybridized carbons (Fsp3) is 0.462. The molecule has 1 heterocycles. The van der Waals surface area contributed by atoms with Gasteiger partial charge in [0.25, 0.3) is 0 Å². The summed E-state index contributed by atoms with van der Waals surface area (Å²) in [5.74, 6) is 1.37. The average Bonchev–Trinajstić information content (AvgIpc) is 2.66. The number of halogens is 2. The first kappa shape index (κ1) is 13.8. The summed E-state index contributed by atoms with van der Waals surface area (Å²) in [6.07, 6.45) is 0. The van der Waals surface area contributed by atoms with Gasteiger partial charge in [-0.2, -0.15) is 0 Å². The molecule has 5 heteroatoms. The third kappa shape index (κ3) is 2.71. The molecule has 3 nitrogen and oxygen atoms in total. The molecule has 1 atom stereocenters. The molecule has 0 N–H and O–H groups in total. The Hall–Kier alpha value is -0.580. The Balaban J connectivity index is 2.47. The molecule has 0 spiro atoms. The molecule has 0 bridgehead atoms. The monoisotopic (exact) mass is 329 g/mol. The number of hydrogen-bond donors (Lipinski definition) is 0. The van der Waals surface area contributed by atoms with Gasteiger partial charge in [-0.3, -0.25) is 0 Å². The largest absolute Gasteiger partial charge is 0.325 e. The molecular formula is C13H17BrClN3. The van der Waals surface area contributed by atoms with Gasteiger partial charge in [-0.05, 0) is 39.2 Å². The maximum atomic E-state index is 6.00. The summed E-state index contributed by atoms with van der Waals surface area (Å²) < 4.78 is 3.25. The van der Waals surface area contributed by atoms with Gasteiger partial charge in [0.2, 0.25) is 0 Å². The number of nitrogens with zero attached hydrogens (tertiary/aromatic N) is 3. The highest BCUT2D eigenvalue weighted by Crippen LogP contribution is 2.22.